The van der Waals surface area contributed by atoms with Crippen LogP contribution in [0.4, 0.5) is 0 Å². The molecule has 0 N–H and O–H groups in total. The van der Waals surface area contributed by atoms with Crippen molar-refractivity contribution in [1.82, 2.24) is 14.5 Å². The van der Waals surface area contributed by atoms with E-state index in [0.717, 1.165) is 16.6 Å². The Morgan fingerprint density at radius 2 is 1.73 bits per heavy atom. The molecule has 0 bridgehead atoms. The largest absolute Gasteiger partial charge is 0.292 e. The van der Waals surface area contributed by atoms with Crippen LogP contribution in [0.15, 0.2) is 35.1 Å². The first-order valence-electron chi connectivity index (χ1n) is 7.47. The van der Waals surface area contributed by atoms with E-state index >= 15 is 0 Å². The van der Waals surface area contributed by atoms with Crippen molar-refractivity contribution in [3.8, 4) is 11.1 Å². The number of fused-ring (bicyclic) bond motifs is 1. The first-order chi connectivity index (χ1) is 10.5. The standard InChI is InChI=1S/C18H19N3O/c1-5-21-17-15(12(3)19-13(4)20-17)10-16(18(21)22)14-8-6-11(2)7-9-14/h6-10H,5H2,1-4H3. The highest BCUT2D eigenvalue weighted by Gasteiger charge is 2.13. The van der Waals surface area contributed by atoms with Crippen LogP contribution in [0.2, 0.25) is 0 Å². The zero-order valence-corrected chi connectivity index (χ0v) is 13.3. The van der Waals surface area contributed by atoms with Gasteiger partial charge in [0.2, 0.25) is 0 Å². The molecule has 0 amide bonds. The zero-order chi connectivity index (χ0) is 15.9. The third kappa shape index (κ3) is 2.30. The Kier molecular flexibility index (Phi) is 3.53. The molecule has 0 atom stereocenters. The van der Waals surface area contributed by atoms with Gasteiger partial charge < -0.3 is 0 Å². The van der Waals surface area contributed by atoms with E-state index < -0.39 is 0 Å². The summed E-state index contributed by atoms with van der Waals surface area (Å²) in [5, 5.41) is 0.933. The van der Waals surface area contributed by atoms with Gasteiger partial charge in [-0.3, -0.25) is 9.36 Å². The van der Waals surface area contributed by atoms with Crippen LogP contribution in [0.3, 0.4) is 0 Å². The van der Waals surface area contributed by atoms with E-state index in [9.17, 15) is 4.79 Å². The quantitative estimate of drug-likeness (QED) is 0.727. The lowest BCUT2D eigenvalue weighted by Gasteiger charge is -2.12. The summed E-state index contributed by atoms with van der Waals surface area (Å²) in [5.74, 6) is 0.690. The maximum atomic E-state index is 12.8. The maximum absolute atomic E-state index is 12.8. The SMILES string of the molecule is CCn1c(=O)c(-c2ccc(C)cc2)cc2c(C)nc(C)nc21. The number of rotatable bonds is 2. The van der Waals surface area contributed by atoms with Crippen LogP contribution in [0.5, 0.6) is 0 Å². The van der Waals surface area contributed by atoms with E-state index in [4.69, 9.17) is 0 Å². The van der Waals surface area contributed by atoms with Crippen molar-refractivity contribution in [1.29, 1.82) is 0 Å². The normalized spacial score (nSPS) is 11.1. The van der Waals surface area contributed by atoms with Crippen LogP contribution < -0.4 is 5.56 Å². The summed E-state index contributed by atoms with van der Waals surface area (Å²) in [6.45, 7) is 8.40. The molecule has 22 heavy (non-hydrogen) atoms. The summed E-state index contributed by atoms with van der Waals surface area (Å²) in [7, 11) is 0. The monoisotopic (exact) mass is 293 g/mol. The fraction of sp³-hybridized carbons (Fsp3) is 0.278. The van der Waals surface area contributed by atoms with Gasteiger partial charge in [0.25, 0.3) is 5.56 Å². The van der Waals surface area contributed by atoms with E-state index in [1.54, 1.807) is 4.57 Å². The van der Waals surface area contributed by atoms with E-state index in [1.807, 2.05) is 58.0 Å². The fourth-order valence-electron chi connectivity index (χ4n) is 2.76. The van der Waals surface area contributed by atoms with Crippen LogP contribution >= 0.6 is 0 Å². The highest BCUT2D eigenvalue weighted by Crippen LogP contribution is 2.22. The van der Waals surface area contributed by atoms with Crippen molar-refractivity contribution >= 4 is 11.0 Å². The summed E-state index contributed by atoms with van der Waals surface area (Å²) in [6, 6.07) is 9.94. The molecule has 2 aromatic heterocycles. The van der Waals surface area contributed by atoms with E-state index in [0.29, 0.717) is 23.6 Å². The van der Waals surface area contributed by atoms with Gasteiger partial charge in [-0.1, -0.05) is 29.8 Å². The van der Waals surface area contributed by atoms with Crippen molar-refractivity contribution in [2.24, 2.45) is 0 Å². The van der Waals surface area contributed by atoms with Crippen LogP contribution in [-0.2, 0) is 6.54 Å². The van der Waals surface area contributed by atoms with Gasteiger partial charge in [0, 0.05) is 17.5 Å². The number of benzene rings is 1. The van der Waals surface area contributed by atoms with Gasteiger partial charge in [-0.2, -0.15) is 0 Å². The molecule has 0 spiro atoms. The third-order valence-electron chi connectivity index (χ3n) is 3.93. The first-order valence-corrected chi connectivity index (χ1v) is 7.47. The lowest BCUT2D eigenvalue weighted by Crippen LogP contribution is -2.22. The Balaban J connectivity index is 2.40. The molecule has 4 heteroatoms. The minimum absolute atomic E-state index is 0.00338. The van der Waals surface area contributed by atoms with E-state index in [2.05, 4.69) is 9.97 Å². The Morgan fingerprint density at radius 1 is 1.05 bits per heavy atom. The molecule has 4 nitrogen and oxygen atoms in total. The van der Waals surface area contributed by atoms with Gasteiger partial charge in [-0.15, -0.1) is 0 Å². The molecule has 1 aromatic carbocycles. The molecule has 0 unspecified atom stereocenters. The molecule has 3 aromatic rings. The molecule has 112 valence electrons. The number of aryl methyl sites for hydroxylation is 4. The number of aromatic nitrogens is 3. The second-order valence-corrected chi connectivity index (χ2v) is 5.57. The lowest BCUT2D eigenvalue weighted by atomic mass is 10.0. The summed E-state index contributed by atoms with van der Waals surface area (Å²) in [6.07, 6.45) is 0. The van der Waals surface area contributed by atoms with Gasteiger partial charge in [-0.05, 0) is 39.3 Å². The van der Waals surface area contributed by atoms with Crippen LogP contribution in [0.1, 0.15) is 24.0 Å². The molecule has 0 aliphatic rings. The zero-order valence-electron chi connectivity index (χ0n) is 13.3. The van der Waals surface area contributed by atoms with E-state index in [1.165, 1.54) is 5.56 Å². The predicted octanol–water partition coefficient (Wildman–Crippen LogP) is 3.40. The molecule has 0 saturated heterocycles. The summed E-state index contributed by atoms with van der Waals surface area (Å²) in [4.78, 5) is 21.7. The van der Waals surface area contributed by atoms with Gasteiger partial charge in [0.1, 0.15) is 11.5 Å². The van der Waals surface area contributed by atoms with Gasteiger partial charge in [0.05, 0.1) is 5.69 Å². The Bertz CT molecular complexity index is 908. The van der Waals surface area contributed by atoms with Crippen molar-refractivity contribution in [2.75, 3.05) is 0 Å². The Labute approximate surface area is 129 Å². The summed E-state index contributed by atoms with van der Waals surface area (Å²) < 4.78 is 1.73. The van der Waals surface area contributed by atoms with Crippen LogP contribution in [-0.4, -0.2) is 14.5 Å². The Morgan fingerprint density at radius 3 is 2.36 bits per heavy atom. The molecular formula is C18H19N3O. The summed E-state index contributed by atoms with van der Waals surface area (Å²) in [5.41, 5.74) is 4.42. The molecule has 0 fully saturated rings. The number of hydrogen-bond donors (Lipinski definition) is 0. The first kappa shape index (κ1) is 14.4. The maximum Gasteiger partial charge on any atom is 0.260 e. The smallest absolute Gasteiger partial charge is 0.260 e. The highest BCUT2D eigenvalue weighted by atomic mass is 16.1. The summed E-state index contributed by atoms with van der Waals surface area (Å²) >= 11 is 0. The molecule has 0 saturated carbocycles. The van der Waals surface area contributed by atoms with E-state index in [-0.39, 0.29) is 5.56 Å². The second kappa shape index (κ2) is 5.37. The molecule has 0 aliphatic heterocycles. The topological polar surface area (TPSA) is 47.8 Å². The fourth-order valence-corrected chi connectivity index (χ4v) is 2.76. The Hall–Kier alpha value is -2.49. The van der Waals surface area contributed by atoms with Crippen molar-refractivity contribution in [3.63, 3.8) is 0 Å². The van der Waals surface area contributed by atoms with Crippen LogP contribution in [0.25, 0.3) is 22.2 Å². The minimum Gasteiger partial charge on any atom is -0.292 e. The second-order valence-electron chi connectivity index (χ2n) is 5.57. The molecular weight excluding hydrogens is 274 g/mol. The highest BCUT2D eigenvalue weighted by molar-refractivity contribution is 5.83. The average Bonchev–Trinajstić information content (AvgIpc) is 2.48. The molecule has 2 heterocycles. The van der Waals surface area contributed by atoms with Crippen molar-refractivity contribution in [2.45, 2.75) is 34.2 Å². The minimum atomic E-state index is -0.00338. The van der Waals surface area contributed by atoms with Crippen molar-refractivity contribution < 1.29 is 0 Å². The molecule has 0 aliphatic carbocycles. The average molecular weight is 293 g/mol. The van der Waals surface area contributed by atoms with Crippen molar-refractivity contribution in [3.05, 3.63) is 57.8 Å². The van der Waals surface area contributed by atoms with Crippen LogP contribution in [0, 0.1) is 20.8 Å². The van der Waals surface area contributed by atoms with Gasteiger partial charge in [-0.25, -0.2) is 9.97 Å². The van der Waals surface area contributed by atoms with Gasteiger partial charge in [0.15, 0.2) is 0 Å². The molecule has 3 rings (SSSR count). The molecule has 0 radical (unpaired) electrons. The predicted molar refractivity (Wildman–Crippen MR) is 89.1 cm³/mol. The number of pyridine rings is 1. The number of nitrogens with zero attached hydrogens (tertiary/aromatic N) is 3. The number of hydrogen-bond acceptors (Lipinski definition) is 3. The third-order valence-corrected chi connectivity index (χ3v) is 3.93. The lowest BCUT2D eigenvalue weighted by molar-refractivity contribution is 0.747. The van der Waals surface area contributed by atoms with Gasteiger partial charge >= 0.3 is 0 Å².